The van der Waals surface area contributed by atoms with Gasteiger partial charge in [-0.15, -0.1) is 0 Å². The molecule has 1 aromatic rings. The van der Waals surface area contributed by atoms with Crippen LogP contribution in [0.4, 0.5) is 0 Å². The molecule has 0 fully saturated rings. The Bertz CT molecular complexity index is 345. The van der Waals surface area contributed by atoms with E-state index in [9.17, 15) is 4.21 Å². The van der Waals surface area contributed by atoms with E-state index in [1.807, 2.05) is 24.3 Å². The predicted octanol–water partition coefficient (Wildman–Crippen LogP) is 2.14. The number of benzene rings is 1. The van der Waals surface area contributed by atoms with Gasteiger partial charge in [-0.05, 0) is 24.3 Å². The number of ether oxygens (including phenoxy) is 1. The largest absolute Gasteiger partial charge is 0.497 e. The number of hydrogen-bond donors (Lipinski definition) is 1. The highest BCUT2D eigenvalue weighted by Gasteiger charge is 2.17. The molecule has 0 bridgehead atoms. The normalized spacial score (nSPS) is 13.6. The van der Waals surface area contributed by atoms with Gasteiger partial charge in [-0.1, -0.05) is 19.6 Å². The van der Waals surface area contributed by atoms with E-state index in [1.165, 1.54) is 0 Å². The van der Waals surface area contributed by atoms with Crippen LogP contribution < -0.4 is 9.12 Å². The van der Waals surface area contributed by atoms with Gasteiger partial charge in [0.25, 0.3) is 0 Å². The molecule has 1 unspecified atom stereocenters. The topological polar surface area (TPSA) is 38.3 Å². The van der Waals surface area contributed by atoms with Gasteiger partial charge < -0.3 is 4.74 Å². The Labute approximate surface area is 94.5 Å². The Kier molecular flexibility index (Phi) is 4.07. The van der Waals surface area contributed by atoms with Crippen molar-refractivity contribution >= 4 is 19.2 Å². The Balaban J connectivity index is 2.75. The first-order chi connectivity index (χ1) is 6.92. The molecule has 84 valence electrons. The van der Waals surface area contributed by atoms with Crippen LogP contribution in [0.15, 0.2) is 29.2 Å². The van der Waals surface area contributed by atoms with Crippen LogP contribution in [-0.4, -0.2) is 19.6 Å². The van der Waals surface area contributed by atoms with E-state index in [1.54, 1.807) is 7.11 Å². The SMILES string of the molecule is COc1ccc(S(=O)N[Si](C)(C)C)cc1. The Hall–Kier alpha value is -0.653. The molecule has 15 heavy (non-hydrogen) atoms. The number of hydrogen-bond acceptors (Lipinski definition) is 2. The molecule has 0 saturated heterocycles. The van der Waals surface area contributed by atoms with E-state index >= 15 is 0 Å². The lowest BCUT2D eigenvalue weighted by Gasteiger charge is -2.16. The lowest BCUT2D eigenvalue weighted by molar-refractivity contribution is 0.414. The molecule has 0 heterocycles. The van der Waals surface area contributed by atoms with Crippen molar-refractivity contribution in [1.29, 1.82) is 0 Å². The molecule has 1 rings (SSSR count). The molecule has 5 heteroatoms. The van der Waals surface area contributed by atoms with Gasteiger partial charge in [0.05, 0.1) is 12.0 Å². The van der Waals surface area contributed by atoms with Crippen LogP contribution in [0.2, 0.25) is 19.6 Å². The fourth-order valence-corrected chi connectivity index (χ4v) is 4.12. The lowest BCUT2D eigenvalue weighted by atomic mass is 10.3. The molecule has 1 N–H and O–H groups in total. The van der Waals surface area contributed by atoms with Crippen LogP contribution in [0.5, 0.6) is 5.75 Å². The molecule has 0 aliphatic carbocycles. The van der Waals surface area contributed by atoms with E-state index < -0.39 is 19.2 Å². The maximum absolute atomic E-state index is 11.9. The summed E-state index contributed by atoms with van der Waals surface area (Å²) in [6.07, 6.45) is 0. The lowest BCUT2D eigenvalue weighted by Crippen LogP contribution is -2.42. The summed E-state index contributed by atoms with van der Waals surface area (Å²) in [6, 6.07) is 7.28. The van der Waals surface area contributed by atoms with E-state index in [2.05, 4.69) is 24.0 Å². The molecule has 0 aliphatic heterocycles. The summed E-state index contributed by atoms with van der Waals surface area (Å²) in [5.74, 6) is 0.781. The number of rotatable bonds is 4. The first-order valence-electron chi connectivity index (χ1n) is 4.76. The molecule has 0 spiro atoms. The molecule has 0 amide bonds. The van der Waals surface area contributed by atoms with Gasteiger partial charge in [-0.25, -0.2) is 4.21 Å². The van der Waals surface area contributed by atoms with Crippen molar-refractivity contribution in [2.24, 2.45) is 0 Å². The summed E-state index contributed by atoms with van der Waals surface area (Å²) in [7, 11) is -0.996. The van der Waals surface area contributed by atoms with Crippen LogP contribution in [0.3, 0.4) is 0 Å². The molecule has 0 radical (unpaired) electrons. The highest BCUT2D eigenvalue weighted by molar-refractivity contribution is 7.84. The standard InChI is InChI=1S/C10H17NO2SSi/c1-13-9-5-7-10(8-6-9)14(12)11-15(2,3)4/h5-8,11H,1-4H3. The van der Waals surface area contributed by atoms with Crippen LogP contribution in [0, 0.1) is 0 Å². The maximum Gasteiger partial charge on any atom is 0.131 e. The van der Waals surface area contributed by atoms with Gasteiger partial charge in [0.2, 0.25) is 0 Å². The van der Waals surface area contributed by atoms with Crippen molar-refractivity contribution in [2.75, 3.05) is 7.11 Å². The van der Waals surface area contributed by atoms with Crippen LogP contribution in [0.25, 0.3) is 0 Å². The van der Waals surface area contributed by atoms with E-state index in [4.69, 9.17) is 4.74 Å². The van der Waals surface area contributed by atoms with Gasteiger partial charge in [0, 0.05) is 0 Å². The first kappa shape index (κ1) is 12.4. The Morgan fingerprint density at radius 3 is 2.13 bits per heavy atom. The van der Waals surface area contributed by atoms with Gasteiger partial charge in [0.1, 0.15) is 25.0 Å². The molecule has 0 saturated carbocycles. The molecule has 1 atom stereocenters. The molecular weight excluding hydrogens is 226 g/mol. The fourth-order valence-electron chi connectivity index (χ4n) is 1.04. The van der Waals surface area contributed by atoms with Crippen molar-refractivity contribution in [1.82, 2.24) is 4.39 Å². The first-order valence-corrected chi connectivity index (χ1v) is 9.41. The average molecular weight is 243 g/mol. The second kappa shape index (κ2) is 4.91. The fraction of sp³-hybridized carbons (Fsp3) is 0.400. The highest BCUT2D eigenvalue weighted by atomic mass is 32.2. The highest BCUT2D eigenvalue weighted by Crippen LogP contribution is 2.14. The number of nitrogens with one attached hydrogen (secondary N) is 1. The smallest absolute Gasteiger partial charge is 0.131 e. The van der Waals surface area contributed by atoms with Crippen molar-refractivity contribution < 1.29 is 8.95 Å². The van der Waals surface area contributed by atoms with E-state index in [0.717, 1.165) is 10.6 Å². The third-order valence-corrected chi connectivity index (χ3v) is 5.56. The van der Waals surface area contributed by atoms with Crippen LogP contribution in [0.1, 0.15) is 0 Å². The van der Waals surface area contributed by atoms with Crippen LogP contribution >= 0.6 is 0 Å². The zero-order chi connectivity index (χ0) is 11.5. The molecule has 0 aromatic heterocycles. The monoisotopic (exact) mass is 243 g/mol. The zero-order valence-electron chi connectivity index (χ0n) is 9.53. The summed E-state index contributed by atoms with van der Waals surface area (Å²) in [5.41, 5.74) is 0. The Morgan fingerprint density at radius 1 is 1.20 bits per heavy atom. The third kappa shape index (κ3) is 4.15. The third-order valence-electron chi connectivity index (χ3n) is 1.67. The minimum Gasteiger partial charge on any atom is -0.497 e. The zero-order valence-corrected chi connectivity index (χ0v) is 11.4. The minimum absolute atomic E-state index is 0.781. The van der Waals surface area contributed by atoms with Gasteiger partial charge in [0.15, 0.2) is 0 Å². The van der Waals surface area contributed by atoms with Crippen molar-refractivity contribution in [3.8, 4) is 5.75 Å². The predicted molar refractivity (Wildman–Crippen MR) is 65.9 cm³/mol. The summed E-state index contributed by atoms with van der Waals surface area (Å²) >= 11 is 0. The second-order valence-corrected chi connectivity index (χ2v) is 10.6. The summed E-state index contributed by atoms with van der Waals surface area (Å²) in [4.78, 5) is 0.790. The van der Waals surface area contributed by atoms with Gasteiger partial charge in [-0.2, -0.15) is 0 Å². The van der Waals surface area contributed by atoms with E-state index in [-0.39, 0.29) is 0 Å². The minimum atomic E-state index is -1.51. The Morgan fingerprint density at radius 2 is 1.73 bits per heavy atom. The molecule has 3 nitrogen and oxygen atoms in total. The number of methoxy groups -OCH3 is 1. The maximum atomic E-state index is 11.9. The summed E-state index contributed by atoms with van der Waals surface area (Å²) < 4.78 is 20.0. The van der Waals surface area contributed by atoms with Gasteiger partial charge in [-0.3, -0.25) is 4.39 Å². The molecular formula is C10H17NO2SSi. The van der Waals surface area contributed by atoms with Gasteiger partial charge >= 0.3 is 0 Å². The molecule has 1 aromatic carbocycles. The van der Waals surface area contributed by atoms with Crippen LogP contribution in [-0.2, 0) is 11.0 Å². The van der Waals surface area contributed by atoms with E-state index in [0.29, 0.717) is 0 Å². The second-order valence-electron chi connectivity index (χ2n) is 4.30. The van der Waals surface area contributed by atoms with Crippen molar-refractivity contribution in [2.45, 2.75) is 24.5 Å². The van der Waals surface area contributed by atoms with Crippen molar-refractivity contribution in [3.63, 3.8) is 0 Å². The summed E-state index contributed by atoms with van der Waals surface area (Å²) in [6.45, 7) is 6.36. The molecule has 0 aliphatic rings. The quantitative estimate of drug-likeness (QED) is 0.823. The average Bonchev–Trinajstić information content (AvgIpc) is 2.15. The van der Waals surface area contributed by atoms with Crippen molar-refractivity contribution in [3.05, 3.63) is 24.3 Å². The summed E-state index contributed by atoms with van der Waals surface area (Å²) in [5, 5.41) is 0.